The van der Waals surface area contributed by atoms with Crippen molar-refractivity contribution in [2.45, 2.75) is 19.3 Å². The van der Waals surface area contributed by atoms with Crippen molar-refractivity contribution in [3.8, 4) is 0 Å². The molecule has 0 saturated carbocycles. The Bertz CT molecular complexity index is 617. The third-order valence-electron chi connectivity index (χ3n) is 4.10. The van der Waals surface area contributed by atoms with Crippen molar-refractivity contribution in [3.05, 3.63) is 35.4 Å². The largest absolute Gasteiger partial charge is 0.481 e. The number of nitrogens with zero attached hydrogens (tertiary/aromatic N) is 1. The van der Waals surface area contributed by atoms with Gasteiger partial charge < -0.3 is 20.1 Å². The predicted molar refractivity (Wildman–Crippen MR) is 86.8 cm³/mol. The molecular formula is C17H22N2O5. The molecule has 0 spiro atoms. The molecule has 1 aromatic carbocycles. The monoisotopic (exact) mass is 334 g/mol. The van der Waals surface area contributed by atoms with Crippen LogP contribution in [0.1, 0.15) is 28.8 Å². The van der Waals surface area contributed by atoms with Crippen molar-refractivity contribution < 1.29 is 24.2 Å². The van der Waals surface area contributed by atoms with Gasteiger partial charge in [-0.25, -0.2) is 9.59 Å². The summed E-state index contributed by atoms with van der Waals surface area (Å²) in [5.41, 5.74) is 1.39. The third kappa shape index (κ3) is 4.71. The number of hydrogen-bond donors (Lipinski definition) is 2. The first kappa shape index (κ1) is 17.8. The second-order valence-electron chi connectivity index (χ2n) is 5.80. The number of carboxylic acids is 1. The minimum atomic E-state index is -0.855. The van der Waals surface area contributed by atoms with E-state index >= 15 is 0 Å². The molecule has 1 saturated heterocycles. The summed E-state index contributed by atoms with van der Waals surface area (Å²) in [6.07, 6.45) is 1.89. The minimum absolute atomic E-state index is 0.245. The lowest BCUT2D eigenvalue weighted by Crippen LogP contribution is -2.47. The number of esters is 1. The lowest BCUT2D eigenvalue weighted by molar-refractivity contribution is -0.143. The molecule has 1 aromatic rings. The molecule has 24 heavy (non-hydrogen) atoms. The maximum Gasteiger partial charge on any atom is 0.337 e. The van der Waals surface area contributed by atoms with Gasteiger partial charge in [0.15, 0.2) is 0 Å². The van der Waals surface area contributed by atoms with E-state index in [9.17, 15) is 14.4 Å². The number of urea groups is 1. The molecule has 2 N–H and O–H groups in total. The van der Waals surface area contributed by atoms with E-state index < -0.39 is 17.9 Å². The second-order valence-corrected chi connectivity index (χ2v) is 5.80. The van der Waals surface area contributed by atoms with Gasteiger partial charge in [0.2, 0.25) is 0 Å². The molecular weight excluding hydrogens is 312 g/mol. The molecule has 2 rings (SSSR count). The number of benzene rings is 1. The van der Waals surface area contributed by atoms with E-state index in [1.54, 1.807) is 23.1 Å². The molecule has 1 fully saturated rings. The highest BCUT2D eigenvalue weighted by Crippen LogP contribution is 2.16. The fraction of sp³-hybridized carbons (Fsp3) is 0.471. The molecule has 0 radical (unpaired) electrons. The van der Waals surface area contributed by atoms with Gasteiger partial charge in [0, 0.05) is 19.6 Å². The van der Waals surface area contributed by atoms with Crippen LogP contribution >= 0.6 is 0 Å². The van der Waals surface area contributed by atoms with Gasteiger partial charge in [-0.15, -0.1) is 0 Å². The third-order valence-corrected chi connectivity index (χ3v) is 4.10. The fourth-order valence-corrected chi connectivity index (χ4v) is 2.76. The smallest absolute Gasteiger partial charge is 0.337 e. The van der Waals surface area contributed by atoms with E-state index in [1.165, 1.54) is 7.11 Å². The number of piperidine rings is 1. The van der Waals surface area contributed by atoms with E-state index in [1.807, 2.05) is 6.07 Å². The zero-order valence-electron chi connectivity index (χ0n) is 13.7. The Kier molecular flexibility index (Phi) is 6.17. The first-order valence-electron chi connectivity index (χ1n) is 7.94. The lowest BCUT2D eigenvalue weighted by atomic mass is 9.99. The molecule has 0 aromatic heterocycles. The molecule has 7 heteroatoms. The summed E-state index contributed by atoms with van der Waals surface area (Å²) in [7, 11) is 1.33. The summed E-state index contributed by atoms with van der Waals surface area (Å²) in [6.45, 7) is 1.24. The molecule has 1 atom stereocenters. The number of carbonyl (C=O) groups excluding carboxylic acids is 2. The van der Waals surface area contributed by atoms with Crippen LogP contribution in [0.25, 0.3) is 0 Å². The van der Waals surface area contributed by atoms with Crippen molar-refractivity contribution in [2.24, 2.45) is 5.92 Å². The van der Waals surface area contributed by atoms with Crippen LogP contribution in [0.4, 0.5) is 4.79 Å². The fourth-order valence-electron chi connectivity index (χ4n) is 2.76. The molecule has 1 aliphatic heterocycles. The molecule has 1 heterocycles. The second kappa shape index (κ2) is 8.33. The summed E-state index contributed by atoms with van der Waals surface area (Å²) in [4.78, 5) is 36.2. The van der Waals surface area contributed by atoms with Gasteiger partial charge in [0.1, 0.15) is 0 Å². The van der Waals surface area contributed by atoms with Crippen LogP contribution in [-0.4, -0.2) is 54.7 Å². The van der Waals surface area contributed by atoms with Crippen LogP contribution in [0.5, 0.6) is 0 Å². The van der Waals surface area contributed by atoms with Crippen LogP contribution in [0.15, 0.2) is 24.3 Å². The van der Waals surface area contributed by atoms with E-state index in [0.29, 0.717) is 37.9 Å². The van der Waals surface area contributed by atoms with Gasteiger partial charge in [0.25, 0.3) is 0 Å². The molecule has 2 amide bonds. The number of amides is 2. The number of carbonyl (C=O) groups is 3. The van der Waals surface area contributed by atoms with Crippen LogP contribution in [-0.2, 0) is 16.0 Å². The molecule has 7 nitrogen and oxygen atoms in total. The van der Waals surface area contributed by atoms with E-state index in [2.05, 4.69) is 10.1 Å². The maximum atomic E-state index is 12.1. The van der Waals surface area contributed by atoms with Crippen LogP contribution < -0.4 is 5.32 Å². The van der Waals surface area contributed by atoms with E-state index in [0.717, 1.165) is 5.56 Å². The van der Waals surface area contributed by atoms with Crippen LogP contribution in [0.3, 0.4) is 0 Å². The first-order chi connectivity index (χ1) is 11.5. The summed E-state index contributed by atoms with van der Waals surface area (Å²) in [6, 6.07) is 6.81. The summed E-state index contributed by atoms with van der Waals surface area (Å²) in [5.74, 6) is -1.73. The van der Waals surface area contributed by atoms with Crippen LogP contribution in [0.2, 0.25) is 0 Å². The predicted octanol–water partition coefficient (Wildman–Crippen LogP) is 1.52. The van der Waals surface area contributed by atoms with Gasteiger partial charge in [-0.05, 0) is 37.0 Å². The number of hydrogen-bond acceptors (Lipinski definition) is 4. The Labute approximate surface area is 140 Å². The Morgan fingerprint density at radius 1 is 1.38 bits per heavy atom. The normalized spacial score (nSPS) is 17.2. The highest BCUT2D eigenvalue weighted by molar-refractivity contribution is 5.89. The number of carboxylic acid groups (broad SMARTS) is 1. The Balaban J connectivity index is 1.82. The number of likely N-dealkylation sites (tertiary alicyclic amines) is 1. The SMILES string of the molecule is COC(=O)c1cccc(CCNC(=O)N2CCCC(C(=O)O)C2)c1. The quantitative estimate of drug-likeness (QED) is 0.796. The number of ether oxygens (including phenoxy) is 1. The van der Waals surface area contributed by atoms with Gasteiger partial charge in [-0.1, -0.05) is 12.1 Å². The molecule has 0 aliphatic carbocycles. The van der Waals surface area contributed by atoms with Crippen molar-refractivity contribution in [3.63, 3.8) is 0 Å². The minimum Gasteiger partial charge on any atom is -0.481 e. The molecule has 1 unspecified atom stereocenters. The summed E-state index contributed by atoms with van der Waals surface area (Å²) >= 11 is 0. The molecule has 1 aliphatic rings. The molecule has 0 bridgehead atoms. The average Bonchev–Trinajstić information content (AvgIpc) is 2.61. The van der Waals surface area contributed by atoms with Crippen molar-refractivity contribution in [1.29, 1.82) is 0 Å². The van der Waals surface area contributed by atoms with Crippen molar-refractivity contribution in [2.75, 3.05) is 26.7 Å². The number of rotatable bonds is 5. The number of nitrogens with one attached hydrogen (secondary N) is 1. The maximum absolute atomic E-state index is 12.1. The lowest BCUT2D eigenvalue weighted by Gasteiger charge is -2.30. The van der Waals surface area contributed by atoms with Gasteiger partial charge in [-0.2, -0.15) is 0 Å². The van der Waals surface area contributed by atoms with E-state index in [4.69, 9.17) is 5.11 Å². The topological polar surface area (TPSA) is 95.9 Å². The van der Waals surface area contributed by atoms with E-state index in [-0.39, 0.29) is 12.6 Å². The first-order valence-corrected chi connectivity index (χ1v) is 7.94. The van der Waals surface area contributed by atoms with Crippen LogP contribution in [0, 0.1) is 5.92 Å². The molecule has 130 valence electrons. The van der Waals surface area contributed by atoms with Crippen molar-refractivity contribution >= 4 is 18.0 Å². The Hall–Kier alpha value is -2.57. The van der Waals surface area contributed by atoms with Gasteiger partial charge in [0.05, 0.1) is 18.6 Å². The van der Waals surface area contributed by atoms with Crippen molar-refractivity contribution in [1.82, 2.24) is 10.2 Å². The highest BCUT2D eigenvalue weighted by atomic mass is 16.5. The van der Waals surface area contributed by atoms with Gasteiger partial charge in [-0.3, -0.25) is 4.79 Å². The summed E-state index contributed by atoms with van der Waals surface area (Å²) < 4.78 is 4.68. The standard InChI is InChI=1S/C17H22N2O5/c1-24-16(22)13-5-2-4-12(10-13)7-8-18-17(23)19-9-3-6-14(11-19)15(20)21/h2,4-5,10,14H,3,6-9,11H2,1H3,(H,18,23)(H,20,21). The zero-order valence-corrected chi connectivity index (χ0v) is 13.7. The zero-order chi connectivity index (χ0) is 17.5. The average molecular weight is 334 g/mol. The number of aliphatic carboxylic acids is 1. The highest BCUT2D eigenvalue weighted by Gasteiger charge is 2.27. The summed E-state index contributed by atoms with van der Waals surface area (Å²) in [5, 5.41) is 11.9. The number of methoxy groups -OCH3 is 1. The van der Waals surface area contributed by atoms with Gasteiger partial charge >= 0.3 is 18.0 Å². The Morgan fingerprint density at radius 2 is 2.17 bits per heavy atom. The Morgan fingerprint density at radius 3 is 2.88 bits per heavy atom.